The molecule has 0 bridgehead atoms. The van der Waals surface area contributed by atoms with Crippen molar-refractivity contribution < 1.29 is 9.53 Å². The Morgan fingerprint density at radius 1 is 1.25 bits per heavy atom. The van der Waals surface area contributed by atoms with Crippen molar-refractivity contribution in [1.82, 2.24) is 9.88 Å². The maximum absolute atomic E-state index is 12.5. The summed E-state index contributed by atoms with van der Waals surface area (Å²) < 4.78 is 7.36. The molecule has 0 unspecified atom stereocenters. The van der Waals surface area contributed by atoms with Gasteiger partial charge in [-0.25, -0.2) is 0 Å². The molecule has 1 fully saturated rings. The molecular weight excluding hydrogens is 304 g/mol. The standard InChI is InChI=1S/C19H22N2O3/c1-13-5-7-14(8-6-13)18-16(4-3-11-24-18)20-19(23)15-9-10-21(2)17(22)12-15/h5-10,12,16,18H,3-4,11H2,1-2H3,(H,20,23)/t16-,18+/m1/s1. The van der Waals surface area contributed by atoms with E-state index in [9.17, 15) is 9.59 Å². The molecule has 0 radical (unpaired) electrons. The number of hydrogen-bond acceptors (Lipinski definition) is 3. The zero-order valence-corrected chi connectivity index (χ0v) is 14.0. The number of carbonyl (C=O) groups is 1. The normalized spacial score (nSPS) is 20.6. The summed E-state index contributed by atoms with van der Waals surface area (Å²) >= 11 is 0. The first-order chi connectivity index (χ1) is 11.5. The van der Waals surface area contributed by atoms with Crippen LogP contribution in [0.15, 0.2) is 47.4 Å². The van der Waals surface area contributed by atoms with Gasteiger partial charge in [-0.1, -0.05) is 29.8 Å². The molecule has 1 saturated heterocycles. The molecule has 2 aromatic rings. The number of nitrogens with one attached hydrogen (secondary N) is 1. The summed E-state index contributed by atoms with van der Waals surface area (Å²) in [4.78, 5) is 24.2. The van der Waals surface area contributed by atoms with E-state index in [0.717, 1.165) is 18.4 Å². The van der Waals surface area contributed by atoms with E-state index in [1.165, 1.54) is 16.2 Å². The Morgan fingerprint density at radius 2 is 2.00 bits per heavy atom. The van der Waals surface area contributed by atoms with Crippen LogP contribution in [0, 0.1) is 6.92 Å². The van der Waals surface area contributed by atoms with E-state index in [-0.39, 0.29) is 23.6 Å². The van der Waals surface area contributed by atoms with Gasteiger partial charge in [-0.15, -0.1) is 0 Å². The van der Waals surface area contributed by atoms with Gasteiger partial charge in [0.2, 0.25) is 0 Å². The van der Waals surface area contributed by atoms with Crippen molar-refractivity contribution in [2.24, 2.45) is 7.05 Å². The molecule has 1 aromatic carbocycles. The van der Waals surface area contributed by atoms with Gasteiger partial charge in [-0.3, -0.25) is 9.59 Å². The van der Waals surface area contributed by atoms with Crippen LogP contribution >= 0.6 is 0 Å². The van der Waals surface area contributed by atoms with Gasteiger partial charge < -0.3 is 14.6 Å². The average Bonchev–Trinajstić information content (AvgIpc) is 2.58. The number of benzene rings is 1. The fourth-order valence-electron chi connectivity index (χ4n) is 2.96. The molecular formula is C19H22N2O3. The van der Waals surface area contributed by atoms with Crippen molar-refractivity contribution in [3.8, 4) is 0 Å². The molecule has 0 saturated carbocycles. The number of aryl methyl sites for hydroxylation is 2. The van der Waals surface area contributed by atoms with E-state index in [2.05, 4.69) is 5.32 Å². The lowest BCUT2D eigenvalue weighted by atomic mass is 9.95. The quantitative estimate of drug-likeness (QED) is 0.942. The minimum Gasteiger partial charge on any atom is -0.371 e. The van der Waals surface area contributed by atoms with Crippen molar-refractivity contribution in [1.29, 1.82) is 0 Å². The van der Waals surface area contributed by atoms with Crippen molar-refractivity contribution in [2.75, 3.05) is 6.61 Å². The smallest absolute Gasteiger partial charge is 0.251 e. The molecule has 2 atom stereocenters. The molecule has 1 aliphatic rings. The third kappa shape index (κ3) is 3.57. The number of amides is 1. The number of hydrogen-bond donors (Lipinski definition) is 1. The molecule has 1 aliphatic heterocycles. The summed E-state index contributed by atoms with van der Waals surface area (Å²) in [5.74, 6) is -0.236. The second-order valence-corrected chi connectivity index (χ2v) is 6.29. The Hall–Kier alpha value is -2.40. The van der Waals surface area contributed by atoms with Crippen LogP contribution in [0.4, 0.5) is 0 Å². The third-order valence-electron chi connectivity index (χ3n) is 4.41. The van der Waals surface area contributed by atoms with Crippen LogP contribution in [0.3, 0.4) is 0 Å². The van der Waals surface area contributed by atoms with E-state index in [4.69, 9.17) is 4.74 Å². The van der Waals surface area contributed by atoms with E-state index < -0.39 is 0 Å². The van der Waals surface area contributed by atoms with Gasteiger partial charge in [0.25, 0.3) is 11.5 Å². The zero-order valence-electron chi connectivity index (χ0n) is 14.0. The fraction of sp³-hybridized carbons (Fsp3) is 0.368. The molecule has 0 aliphatic carbocycles. The Kier molecular flexibility index (Phi) is 4.81. The SMILES string of the molecule is Cc1ccc([C@@H]2OCCC[C@H]2NC(=O)c2ccn(C)c(=O)c2)cc1. The molecule has 0 spiro atoms. The topological polar surface area (TPSA) is 60.3 Å². The summed E-state index contributed by atoms with van der Waals surface area (Å²) in [6.45, 7) is 2.73. The molecule has 1 N–H and O–H groups in total. The van der Waals surface area contributed by atoms with Crippen molar-refractivity contribution in [3.05, 3.63) is 69.6 Å². The maximum Gasteiger partial charge on any atom is 0.251 e. The average molecular weight is 326 g/mol. The molecule has 126 valence electrons. The second-order valence-electron chi connectivity index (χ2n) is 6.29. The van der Waals surface area contributed by atoms with Crippen LogP contribution < -0.4 is 10.9 Å². The number of rotatable bonds is 3. The predicted octanol–water partition coefficient (Wildman–Crippen LogP) is 2.34. The summed E-state index contributed by atoms with van der Waals surface area (Å²) in [6.07, 6.45) is 3.21. The third-order valence-corrected chi connectivity index (χ3v) is 4.41. The fourth-order valence-corrected chi connectivity index (χ4v) is 2.96. The van der Waals surface area contributed by atoms with Crippen LogP contribution in [0.5, 0.6) is 0 Å². The van der Waals surface area contributed by atoms with E-state index in [1.807, 2.05) is 31.2 Å². The number of ether oxygens (including phenoxy) is 1. The molecule has 1 amide bonds. The number of pyridine rings is 1. The van der Waals surface area contributed by atoms with Crippen molar-refractivity contribution >= 4 is 5.91 Å². The minimum absolute atomic E-state index is 0.0991. The van der Waals surface area contributed by atoms with Gasteiger partial charge >= 0.3 is 0 Å². The number of nitrogens with zero attached hydrogens (tertiary/aromatic N) is 1. The van der Waals surface area contributed by atoms with Gasteiger partial charge in [0.1, 0.15) is 6.10 Å². The number of carbonyl (C=O) groups excluding carboxylic acids is 1. The van der Waals surface area contributed by atoms with Gasteiger partial charge in [0, 0.05) is 31.5 Å². The van der Waals surface area contributed by atoms with E-state index >= 15 is 0 Å². The van der Waals surface area contributed by atoms with Crippen LogP contribution in [-0.2, 0) is 11.8 Å². The first kappa shape index (κ1) is 16.5. The lowest BCUT2D eigenvalue weighted by Gasteiger charge is -2.32. The molecule has 1 aromatic heterocycles. The predicted molar refractivity (Wildman–Crippen MR) is 92.0 cm³/mol. The highest BCUT2D eigenvalue weighted by atomic mass is 16.5. The van der Waals surface area contributed by atoms with Gasteiger partial charge in [0.05, 0.1) is 6.04 Å². The Morgan fingerprint density at radius 3 is 2.71 bits per heavy atom. The highest BCUT2D eigenvalue weighted by molar-refractivity contribution is 5.94. The first-order valence-electron chi connectivity index (χ1n) is 8.20. The Labute approximate surface area is 141 Å². The highest BCUT2D eigenvalue weighted by Gasteiger charge is 2.29. The lowest BCUT2D eigenvalue weighted by Crippen LogP contribution is -2.43. The highest BCUT2D eigenvalue weighted by Crippen LogP contribution is 2.28. The Balaban J connectivity index is 1.78. The second kappa shape index (κ2) is 7.01. The molecule has 5 nitrogen and oxygen atoms in total. The summed E-state index contributed by atoms with van der Waals surface area (Å²) in [6, 6.07) is 11.1. The summed E-state index contributed by atoms with van der Waals surface area (Å²) in [5.41, 5.74) is 2.44. The molecule has 2 heterocycles. The van der Waals surface area contributed by atoms with Crippen LogP contribution in [0.25, 0.3) is 0 Å². The van der Waals surface area contributed by atoms with Crippen LogP contribution in [0.1, 0.15) is 40.4 Å². The summed E-state index contributed by atoms with van der Waals surface area (Å²) in [5, 5.41) is 3.03. The van der Waals surface area contributed by atoms with Crippen molar-refractivity contribution in [3.63, 3.8) is 0 Å². The molecule has 5 heteroatoms. The van der Waals surface area contributed by atoms with E-state index in [1.54, 1.807) is 19.3 Å². The van der Waals surface area contributed by atoms with Gasteiger partial charge in [0.15, 0.2) is 0 Å². The largest absolute Gasteiger partial charge is 0.371 e. The number of aromatic nitrogens is 1. The first-order valence-corrected chi connectivity index (χ1v) is 8.20. The van der Waals surface area contributed by atoms with Crippen LogP contribution in [-0.4, -0.2) is 23.1 Å². The lowest BCUT2D eigenvalue weighted by molar-refractivity contribution is -0.00946. The van der Waals surface area contributed by atoms with Crippen LogP contribution in [0.2, 0.25) is 0 Å². The maximum atomic E-state index is 12.5. The summed E-state index contributed by atoms with van der Waals surface area (Å²) in [7, 11) is 1.66. The monoisotopic (exact) mass is 326 g/mol. The van der Waals surface area contributed by atoms with E-state index in [0.29, 0.717) is 12.2 Å². The Bertz CT molecular complexity index is 780. The minimum atomic E-state index is -0.236. The van der Waals surface area contributed by atoms with Crippen molar-refractivity contribution in [2.45, 2.75) is 31.9 Å². The van der Waals surface area contributed by atoms with Gasteiger partial charge in [-0.2, -0.15) is 0 Å². The molecule has 24 heavy (non-hydrogen) atoms. The van der Waals surface area contributed by atoms with Gasteiger partial charge in [-0.05, 0) is 31.4 Å². The zero-order chi connectivity index (χ0) is 17.1. The molecule has 3 rings (SSSR count).